The molecular weight excluding hydrogens is 368 g/mol. The van der Waals surface area contributed by atoms with Gasteiger partial charge in [0.15, 0.2) is 0 Å². The van der Waals surface area contributed by atoms with Crippen LogP contribution < -0.4 is 11.1 Å². The maximum absolute atomic E-state index is 13.2. The lowest BCUT2D eigenvalue weighted by molar-refractivity contribution is 0.0118. The molecule has 0 aromatic heterocycles. The van der Waals surface area contributed by atoms with Crippen LogP contribution in [0.1, 0.15) is 36.6 Å². The van der Waals surface area contributed by atoms with Gasteiger partial charge in [-0.05, 0) is 30.2 Å². The Hall–Kier alpha value is -3.13. The summed E-state index contributed by atoms with van der Waals surface area (Å²) in [5.41, 5.74) is 6.24. The zero-order valence-electron chi connectivity index (χ0n) is 15.0. The SMILES string of the molecule is NCC(F)(F)CNC(=O)c1ccc2c(c1)C(=O)N(CCc1ccccc1)C2=O. The molecule has 0 bridgehead atoms. The average molecular weight is 387 g/mol. The van der Waals surface area contributed by atoms with Crippen LogP contribution in [0.25, 0.3) is 0 Å². The molecule has 1 aliphatic rings. The largest absolute Gasteiger partial charge is 0.346 e. The molecule has 3 N–H and O–H groups in total. The Labute approximate surface area is 160 Å². The number of benzene rings is 2. The zero-order valence-corrected chi connectivity index (χ0v) is 15.0. The van der Waals surface area contributed by atoms with E-state index in [1.165, 1.54) is 18.2 Å². The Bertz CT molecular complexity index is 916. The van der Waals surface area contributed by atoms with Gasteiger partial charge in [0.2, 0.25) is 0 Å². The van der Waals surface area contributed by atoms with E-state index >= 15 is 0 Å². The van der Waals surface area contributed by atoms with Gasteiger partial charge in [0.1, 0.15) is 0 Å². The average Bonchev–Trinajstić information content (AvgIpc) is 2.95. The second-order valence-corrected chi connectivity index (χ2v) is 6.50. The van der Waals surface area contributed by atoms with E-state index in [0.717, 1.165) is 10.5 Å². The Morgan fingerprint density at radius 3 is 2.39 bits per heavy atom. The van der Waals surface area contributed by atoms with Crippen molar-refractivity contribution in [2.24, 2.45) is 5.73 Å². The third-order valence-corrected chi connectivity index (χ3v) is 4.51. The summed E-state index contributed by atoms with van der Waals surface area (Å²) >= 11 is 0. The van der Waals surface area contributed by atoms with Crippen LogP contribution >= 0.6 is 0 Å². The van der Waals surface area contributed by atoms with Gasteiger partial charge in [-0.25, -0.2) is 8.78 Å². The fourth-order valence-electron chi connectivity index (χ4n) is 2.90. The van der Waals surface area contributed by atoms with Crippen LogP contribution in [0, 0.1) is 0 Å². The number of rotatable bonds is 7. The molecule has 28 heavy (non-hydrogen) atoms. The predicted octanol–water partition coefficient (Wildman–Crippen LogP) is 1.85. The van der Waals surface area contributed by atoms with Crippen LogP contribution in [0.3, 0.4) is 0 Å². The van der Waals surface area contributed by atoms with Crippen LogP contribution in [0.15, 0.2) is 48.5 Å². The molecule has 6 nitrogen and oxygen atoms in total. The number of alkyl halides is 2. The van der Waals surface area contributed by atoms with E-state index in [1.807, 2.05) is 30.3 Å². The minimum absolute atomic E-state index is 0.0256. The lowest BCUT2D eigenvalue weighted by Crippen LogP contribution is -2.41. The van der Waals surface area contributed by atoms with E-state index in [9.17, 15) is 23.2 Å². The lowest BCUT2D eigenvalue weighted by atomic mass is 10.1. The third-order valence-electron chi connectivity index (χ3n) is 4.51. The number of hydrogen-bond donors (Lipinski definition) is 2. The highest BCUT2D eigenvalue weighted by atomic mass is 19.3. The summed E-state index contributed by atoms with van der Waals surface area (Å²) in [4.78, 5) is 38.3. The summed E-state index contributed by atoms with van der Waals surface area (Å²) < 4.78 is 26.4. The van der Waals surface area contributed by atoms with Crippen LogP contribution in [0.2, 0.25) is 0 Å². The minimum Gasteiger partial charge on any atom is -0.346 e. The van der Waals surface area contributed by atoms with E-state index in [0.29, 0.717) is 6.42 Å². The molecule has 2 aromatic carbocycles. The molecule has 8 heteroatoms. The Kier molecular flexibility index (Phi) is 5.51. The second-order valence-electron chi connectivity index (χ2n) is 6.50. The van der Waals surface area contributed by atoms with Gasteiger partial charge in [-0.1, -0.05) is 30.3 Å². The maximum atomic E-state index is 13.2. The molecule has 0 fully saturated rings. The highest BCUT2D eigenvalue weighted by Gasteiger charge is 2.36. The first-order valence-electron chi connectivity index (χ1n) is 8.72. The number of amides is 3. The molecule has 0 aliphatic carbocycles. The van der Waals surface area contributed by atoms with Crippen LogP contribution in [-0.2, 0) is 6.42 Å². The number of carbonyl (C=O) groups excluding carboxylic acids is 3. The fraction of sp³-hybridized carbons (Fsp3) is 0.250. The molecule has 0 atom stereocenters. The molecule has 0 spiro atoms. The fourth-order valence-corrected chi connectivity index (χ4v) is 2.90. The highest BCUT2D eigenvalue weighted by Crippen LogP contribution is 2.24. The number of nitrogens with two attached hydrogens (primary N) is 1. The van der Waals surface area contributed by atoms with Crippen molar-refractivity contribution in [2.75, 3.05) is 19.6 Å². The minimum atomic E-state index is -3.22. The van der Waals surface area contributed by atoms with Gasteiger partial charge in [0.25, 0.3) is 23.6 Å². The topological polar surface area (TPSA) is 92.5 Å². The molecule has 1 heterocycles. The summed E-state index contributed by atoms with van der Waals surface area (Å²) in [5.74, 6) is -4.92. The number of fused-ring (bicyclic) bond motifs is 1. The van der Waals surface area contributed by atoms with E-state index in [-0.39, 0.29) is 23.2 Å². The van der Waals surface area contributed by atoms with Gasteiger partial charge in [-0.15, -0.1) is 0 Å². The van der Waals surface area contributed by atoms with E-state index in [1.54, 1.807) is 0 Å². The molecule has 146 valence electrons. The number of hydrogen-bond acceptors (Lipinski definition) is 4. The molecule has 2 aromatic rings. The van der Waals surface area contributed by atoms with Crippen molar-refractivity contribution in [3.63, 3.8) is 0 Å². The first-order chi connectivity index (χ1) is 13.3. The van der Waals surface area contributed by atoms with Crippen molar-refractivity contribution in [1.82, 2.24) is 10.2 Å². The zero-order chi connectivity index (χ0) is 20.3. The highest BCUT2D eigenvalue weighted by molar-refractivity contribution is 6.22. The molecule has 3 amide bonds. The molecule has 0 saturated heterocycles. The van der Waals surface area contributed by atoms with Crippen molar-refractivity contribution in [2.45, 2.75) is 12.3 Å². The molecule has 1 aliphatic heterocycles. The molecule has 3 rings (SSSR count). The molecule has 0 unspecified atom stereocenters. The Morgan fingerprint density at radius 2 is 1.71 bits per heavy atom. The molecular formula is C20H19F2N3O3. The first kappa shape index (κ1) is 19.6. The number of halogens is 2. The van der Waals surface area contributed by atoms with Gasteiger partial charge >= 0.3 is 0 Å². The summed E-state index contributed by atoms with van der Waals surface area (Å²) in [6, 6.07) is 13.4. The van der Waals surface area contributed by atoms with Crippen molar-refractivity contribution in [1.29, 1.82) is 0 Å². The number of nitrogens with zero attached hydrogens (tertiary/aromatic N) is 1. The maximum Gasteiger partial charge on any atom is 0.277 e. The van der Waals surface area contributed by atoms with Crippen molar-refractivity contribution >= 4 is 17.7 Å². The van der Waals surface area contributed by atoms with Gasteiger partial charge < -0.3 is 11.1 Å². The summed E-state index contributed by atoms with van der Waals surface area (Å²) in [7, 11) is 0. The van der Waals surface area contributed by atoms with Crippen LogP contribution in [-0.4, -0.2) is 48.2 Å². The van der Waals surface area contributed by atoms with Gasteiger partial charge in [0, 0.05) is 12.1 Å². The number of carbonyl (C=O) groups is 3. The van der Waals surface area contributed by atoms with E-state index < -0.39 is 36.7 Å². The monoisotopic (exact) mass is 387 g/mol. The second kappa shape index (κ2) is 7.85. The van der Waals surface area contributed by atoms with Gasteiger partial charge in [-0.3, -0.25) is 19.3 Å². The number of nitrogens with one attached hydrogen (secondary N) is 1. The van der Waals surface area contributed by atoms with Crippen molar-refractivity contribution in [3.8, 4) is 0 Å². The van der Waals surface area contributed by atoms with Crippen molar-refractivity contribution in [3.05, 3.63) is 70.8 Å². The van der Waals surface area contributed by atoms with E-state index in [2.05, 4.69) is 5.32 Å². The first-order valence-corrected chi connectivity index (χ1v) is 8.72. The van der Waals surface area contributed by atoms with Gasteiger partial charge in [-0.2, -0.15) is 0 Å². The quantitative estimate of drug-likeness (QED) is 0.709. The Balaban J connectivity index is 1.71. The van der Waals surface area contributed by atoms with E-state index in [4.69, 9.17) is 5.73 Å². The summed E-state index contributed by atoms with van der Waals surface area (Å²) in [5, 5.41) is 2.09. The third kappa shape index (κ3) is 4.07. The van der Waals surface area contributed by atoms with Crippen molar-refractivity contribution < 1.29 is 23.2 Å². The molecule has 0 saturated carbocycles. The lowest BCUT2D eigenvalue weighted by Gasteiger charge is -2.14. The van der Waals surface area contributed by atoms with Gasteiger partial charge in [0.05, 0.1) is 24.2 Å². The summed E-state index contributed by atoms with van der Waals surface area (Å²) in [6.45, 7) is -1.59. The number of imide groups is 1. The smallest absolute Gasteiger partial charge is 0.277 e. The van der Waals surface area contributed by atoms with Crippen LogP contribution in [0.5, 0.6) is 0 Å². The summed E-state index contributed by atoms with van der Waals surface area (Å²) in [6.07, 6.45) is 0.508. The Morgan fingerprint density at radius 1 is 1.04 bits per heavy atom. The normalized spacial score (nSPS) is 13.6. The molecule has 0 radical (unpaired) electrons. The van der Waals surface area contributed by atoms with Crippen LogP contribution in [0.4, 0.5) is 8.78 Å². The standard InChI is InChI=1S/C20H19F2N3O3/c21-20(22,11-23)12-24-17(26)14-6-7-15-16(10-14)19(28)25(18(15)27)9-8-13-4-2-1-3-5-13/h1-7,10H,8-9,11-12,23H2,(H,24,26). The predicted molar refractivity (Wildman–Crippen MR) is 98.3 cm³/mol.